The predicted molar refractivity (Wildman–Crippen MR) is 133 cm³/mol. The number of aliphatic hydroxyl groups is 3. The molecule has 0 rings (SSSR count). The van der Waals surface area contributed by atoms with E-state index >= 15 is 0 Å². The fraction of sp³-hybridized carbons (Fsp3) is 0.963. The summed E-state index contributed by atoms with van der Waals surface area (Å²) in [6.07, 6.45) is 24.6. The van der Waals surface area contributed by atoms with E-state index in [4.69, 9.17) is 9.84 Å². The first-order valence-electron chi connectivity index (χ1n) is 13.6. The minimum absolute atomic E-state index is 0.0750. The van der Waals surface area contributed by atoms with Crippen LogP contribution < -0.4 is 0 Å². The van der Waals surface area contributed by atoms with Gasteiger partial charge >= 0.3 is 5.97 Å². The molecule has 0 fully saturated rings. The molecular formula is C27H54O5. The van der Waals surface area contributed by atoms with E-state index in [2.05, 4.69) is 0 Å². The Morgan fingerprint density at radius 2 is 0.875 bits per heavy atom. The van der Waals surface area contributed by atoms with Gasteiger partial charge in [0.05, 0.1) is 13.2 Å². The summed E-state index contributed by atoms with van der Waals surface area (Å²) in [6, 6.07) is 0. The molecule has 32 heavy (non-hydrogen) atoms. The molecule has 0 atom stereocenters. The van der Waals surface area contributed by atoms with Crippen molar-refractivity contribution in [2.45, 2.75) is 135 Å². The lowest BCUT2D eigenvalue weighted by molar-refractivity contribution is -0.149. The Kier molecular flexibility index (Phi) is 23.0. The van der Waals surface area contributed by atoms with Gasteiger partial charge in [0.15, 0.2) is 0 Å². The first kappa shape index (κ1) is 31.4. The summed E-state index contributed by atoms with van der Waals surface area (Å²) < 4.78 is 5.16. The maximum Gasteiger partial charge on any atom is 0.305 e. The average Bonchev–Trinajstić information content (AvgIpc) is 2.81. The first-order valence-corrected chi connectivity index (χ1v) is 13.6. The van der Waals surface area contributed by atoms with E-state index in [1.807, 2.05) is 0 Å². The molecule has 0 heterocycles. The van der Waals surface area contributed by atoms with Crippen molar-refractivity contribution in [2.24, 2.45) is 5.41 Å². The fourth-order valence-corrected chi connectivity index (χ4v) is 3.85. The van der Waals surface area contributed by atoms with E-state index in [1.54, 1.807) is 6.92 Å². The lowest BCUT2D eigenvalue weighted by atomic mass is 9.94. The molecule has 0 bridgehead atoms. The quantitative estimate of drug-likeness (QED) is 0.110. The van der Waals surface area contributed by atoms with Gasteiger partial charge < -0.3 is 20.1 Å². The second kappa shape index (κ2) is 23.5. The molecule has 0 unspecified atom stereocenters. The summed E-state index contributed by atoms with van der Waals surface area (Å²) >= 11 is 0. The molecule has 0 aliphatic heterocycles. The van der Waals surface area contributed by atoms with Gasteiger partial charge in [0.25, 0.3) is 0 Å². The van der Waals surface area contributed by atoms with Gasteiger partial charge in [-0.3, -0.25) is 4.79 Å². The second-order valence-corrected chi connectivity index (χ2v) is 9.98. The molecule has 192 valence electrons. The van der Waals surface area contributed by atoms with Crippen LogP contribution in [0, 0.1) is 5.41 Å². The van der Waals surface area contributed by atoms with Crippen molar-refractivity contribution in [1.29, 1.82) is 0 Å². The maximum absolute atomic E-state index is 11.7. The molecule has 0 spiro atoms. The van der Waals surface area contributed by atoms with E-state index in [0.29, 0.717) is 13.0 Å². The number of hydrogen-bond acceptors (Lipinski definition) is 5. The Morgan fingerprint density at radius 1 is 0.562 bits per heavy atom. The standard InChI is InChI=1S/C27H54O5/c1-27(23-29,24-30)25-32-26(31)21-19-17-15-13-11-9-7-5-3-2-4-6-8-10-12-14-16-18-20-22-28/h28-30H,2-25H2,1H3. The Bertz CT molecular complexity index is 396. The summed E-state index contributed by atoms with van der Waals surface area (Å²) in [5.41, 5.74) is -0.739. The van der Waals surface area contributed by atoms with Crippen molar-refractivity contribution in [1.82, 2.24) is 0 Å². The number of hydrogen-bond donors (Lipinski definition) is 3. The van der Waals surface area contributed by atoms with Crippen LogP contribution in [0.3, 0.4) is 0 Å². The highest BCUT2D eigenvalue weighted by molar-refractivity contribution is 5.69. The van der Waals surface area contributed by atoms with Gasteiger partial charge in [-0.25, -0.2) is 0 Å². The summed E-state index contributed by atoms with van der Waals surface area (Å²) in [7, 11) is 0. The third kappa shape index (κ3) is 21.2. The Labute approximate surface area is 198 Å². The largest absolute Gasteiger partial charge is 0.465 e. The third-order valence-electron chi connectivity index (χ3n) is 6.38. The minimum Gasteiger partial charge on any atom is -0.465 e. The lowest BCUT2D eigenvalue weighted by Crippen LogP contribution is -2.32. The van der Waals surface area contributed by atoms with Crippen molar-refractivity contribution in [3.63, 3.8) is 0 Å². The molecule has 0 aliphatic carbocycles. The van der Waals surface area contributed by atoms with Crippen LogP contribution in [-0.4, -0.2) is 47.7 Å². The van der Waals surface area contributed by atoms with Crippen molar-refractivity contribution >= 4 is 5.97 Å². The van der Waals surface area contributed by atoms with Crippen molar-refractivity contribution in [2.75, 3.05) is 26.4 Å². The van der Waals surface area contributed by atoms with E-state index in [1.165, 1.54) is 103 Å². The highest BCUT2D eigenvalue weighted by Crippen LogP contribution is 2.16. The molecule has 5 nitrogen and oxygen atoms in total. The zero-order valence-electron chi connectivity index (χ0n) is 21.1. The Hall–Kier alpha value is -0.650. The summed E-state index contributed by atoms with van der Waals surface area (Å²) in [6.45, 7) is 1.74. The van der Waals surface area contributed by atoms with Crippen LogP contribution in [0.2, 0.25) is 0 Å². The molecule has 0 amide bonds. The minimum atomic E-state index is -0.739. The van der Waals surface area contributed by atoms with Gasteiger partial charge in [-0.05, 0) is 12.8 Å². The molecule has 3 N–H and O–H groups in total. The van der Waals surface area contributed by atoms with Gasteiger partial charge in [-0.15, -0.1) is 0 Å². The molecule has 0 aromatic heterocycles. The molecule has 5 heteroatoms. The van der Waals surface area contributed by atoms with E-state index in [0.717, 1.165) is 19.3 Å². The van der Waals surface area contributed by atoms with Gasteiger partial charge in [0.1, 0.15) is 6.61 Å². The number of carbonyl (C=O) groups is 1. The number of ether oxygens (including phenoxy) is 1. The number of unbranched alkanes of at least 4 members (excludes halogenated alkanes) is 18. The topological polar surface area (TPSA) is 87.0 Å². The first-order chi connectivity index (χ1) is 15.6. The van der Waals surface area contributed by atoms with Gasteiger partial charge in [-0.2, -0.15) is 0 Å². The van der Waals surface area contributed by atoms with Crippen LogP contribution in [-0.2, 0) is 9.53 Å². The zero-order valence-corrected chi connectivity index (χ0v) is 21.1. The maximum atomic E-state index is 11.7. The fourth-order valence-electron chi connectivity index (χ4n) is 3.85. The Morgan fingerprint density at radius 3 is 1.19 bits per heavy atom. The zero-order chi connectivity index (χ0) is 23.8. The normalized spacial score (nSPS) is 11.8. The van der Waals surface area contributed by atoms with Crippen LogP contribution >= 0.6 is 0 Å². The molecule has 0 saturated heterocycles. The van der Waals surface area contributed by atoms with Crippen molar-refractivity contribution < 1.29 is 24.9 Å². The van der Waals surface area contributed by atoms with E-state index in [-0.39, 0.29) is 25.8 Å². The molecule has 0 saturated carbocycles. The summed E-state index contributed by atoms with van der Waals surface area (Å²) in [5.74, 6) is -0.229. The van der Waals surface area contributed by atoms with Gasteiger partial charge in [0.2, 0.25) is 0 Å². The predicted octanol–water partition coefficient (Wildman–Crippen LogP) is 6.31. The molecule has 0 aromatic carbocycles. The second-order valence-electron chi connectivity index (χ2n) is 9.98. The molecule has 0 aliphatic rings. The lowest BCUT2D eigenvalue weighted by Gasteiger charge is -2.23. The number of aliphatic hydroxyl groups excluding tert-OH is 3. The van der Waals surface area contributed by atoms with Crippen molar-refractivity contribution in [3.8, 4) is 0 Å². The SMILES string of the molecule is CC(CO)(CO)COC(=O)CCCCCCCCCCCCCCCCCCCCCO. The monoisotopic (exact) mass is 458 g/mol. The van der Waals surface area contributed by atoms with Gasteiger partial charge in [0, 0.05) is 18.4 Å². The molecule has 0 radical (unpaired) electrons. The smallest absolute Gasteiger partial charge is 0.305 e. The van der Waals surface area contributed by atoms with E-state index < -0.39 is 5.41 Å². The van der Waals surface area contributed by atoms with Crippen LogP contribution in [0.25, 0.3) is 0 Å². The third-order valence-corrected chi connectivity index (χ3v) is 6.38. The highest BCUT2D eigenvalue weighted by Gasteiger charge is 2.24. The number of rotatable bonds is 25. The number of carbonyl (C=O) groups excluding carboxylic acids is 1. The van der Waals surface area contributed by atoms with Crippen LogP contribution in [0.15, 0.2) is 0 Å². The van der Waals surface area contributed by atoms with Crippen LogP contribution in [0.1, 0.15) is 135 Å². The number of esters is 1. The average molecular weight is 459 g/mol. The van der Waals surface area contributed by atoms with Crippen LogP contribution in [0.5, 0.6) is 0 Å². The molecule has 0 aromatic rings. The van der Waals surface area contributed by atoms with Crippen molar-refractivity contribution in [3.05, 3.63) is 0 Å². The summed E-state index contributed by atoms with van der Waals surface area (Å²) in [4.78, 5) is 11.7. The van der Waals surface area contributed by atoms with E-state index in [9.17, 15) is 15.0 Å². The van der Waals surface area contributed by atoms with Gasteiger partial charge in [-0.1, -0.05) is 116 Å². The molecular weight excluding hydrogens is 404 g/mol. The summed E-state index contributed by atoms with van der Waals surface area (Å²) in [5, 5.41) is 27.1. The Balaban J connectivity index is 3.21. The highest BCUT2D eigenvalue weighted by atomic mass is 16.5. The van der Waals surface area contributed by atoms with Crippen LogP contribution in [0.4, 0.5) is 0 Å².